The number of hydrogen-bond donors (Lipinski definition) is 1. The number of benzene rings is 2. The molecule has 0 saturated carbocycles. The van der Waals surface area contributed by atoms with Crippen molar-refractivity contribution >= 4 is 5.69 Å². The van der Waals surface area contributed by atoms with Gasteiger partial charge in [0.2, 0.25) is 5.82 Å². The maximum absolute atomic E-state index is 13.5. The number of hydrogen-bond acceptors (Lipinski definition) is 3. The Kier molecular flexibility index (Phi) is 4.65. The van der Waals surface area contributed by atoms with Crippen molar-refractivity contribution in [3.05, 3.63) is 75.1 Å². The third-order valence-corrected chi connectivity index (χ3v) is 3.36. The first-order chi connectivity index (χ1) is 9.97. The van der Waals surface area contributed by atoms with Crippen molar-refractivity contribution in [2.45, 2.75) is 26.4 Å². The molecule has 4 nitrogen and oxygen atoms in total. The highest BCUT2D eigenvalue weighted by molar-refractivity contribution is 5.35. The molecular formula is C16H17FN2O2. The molecule has 0 radical (unpaired) electrons. The highest BCUT2D eigenvalue weighted by Crippen LogP contribution is 2.19. The first-order valence-electron chi connectivity index (χ1n) is 6.70. The lowest BCUT2D eigenvalue weighted by atomic mass is 10.1. The van der Waals surface area contributed by atoms with E-state index in [9.17, 15) is 14.5 Å². The van der Waals surface area contributed by atoms with Crippen LogP contribution in [0.5, 0.6) is 0 Å². The first-order valence-corrected chi connectivity index (χ1v) is 6.70. The van der Waals surface area contributed by atoms with Crippen molar-refractivity contribution in [3.63, 3.8) is 0 Å². The van der Waals surface area contributed by atoms with Crippen LogP contribution in [0.4, 0.5) is 10.1 Å². The first kappa shape index (κ1) is 15.1. The van der Waals surface area contributed by atoms with Gasteiger partial charge in [-0.2, -0.15) is 4.39 Å². The fourth-order valence-electron chi connectivity index (χ4n) is 2.14. The van der Waals surface area contributed by atoms with E-state index in [0.717, 1.165) is 5.56 Å². The summed E-state index contributed by atoms with van der Waals surface area (Å²) in [7, 11) is 0. The van der Waals surface area contributed by atoms with E-state index >= 15 is 0 Å². The average molecular weight is 288 g/mol. The number of nitro groups is 1. The van der Waals surface area contributed by atoms with Gasteiger partial charge in [0.05, 0.1) is 4.92 Å². The predicted molar refractivity (Wildman–Crippen MR) is 79.5 cm³/mol. The minimum Gasteiger partial charge on any atom is -0.306 e. The van der Waals surface area contributed by atoms with E-state index in [1.54, 1.807) is 6.07 Å². The average Bonchev–Trinajstić information content (AvgIpc) is 2.44. The Morgan fingerprint density at radius 3 is 2.67 bits per heavy atom. The zero-order valence-electron chi connectivity index (χ0n) is 12.0. The van der Waals surface area contributed by atoms with Gasteiger partial charge in [-0.3, -0.25) is 10.1 Å². The Morgan fingerprint density at radius 2 is 2.05 bits per heavy atom. The molecule has 0 saturated heterocycles. The molecule has 0 aliphatic rings. The van der Waals surface area contributed by atoms with Crippen LogP contribution in [-0.2, 0) is 6.54 Å². The van der Waals surface area contributed by atoms with Gasteiger partial charge in [0.1, 0.15) is 0 Å². The normalized spacial score (nSPS) is 12.1. The third kappa shape index (κ3) is 3.86. The van der Waals surface area contributed by atoms with E-state index in [1.165, 1.54) is 17.7 Å². The Labute approximate surface area is 122 Å². The lowest BCUT2D eigenvalue weighted by Gasteiger charge is -2.15. The number of nitro benzene ring substituents is 1. The molecule has 110 valence electrons. The number of aryl methyl sites for hydroxylation is 1. The van der Waals surface area contributed by atoms with Crippen LogP contribution in [-0.4, -0.2) is 4.92 Å². The fraction of sp³-hybridized carbons (Fsp3) is 0.250. The molecule has 1 atom stereocenters. The van der Waals surface area contributed by atoms with Crippen molar-refractivity contribution in [3.8, 4) is 0 Å². The van der Waals surface area contributed by atoms with Crippen LogP contribution in [0.25, 0.3) is 0 Å². The largest absolute Gasteiger partial charge is 0.306 e. The topological polar surface area (TPSA) is 55.2 Å². The Hall–Kier alpha value is -2.27. The molecule has 0 amide bonds. The summed E-state index contributed by atoms with van der Waals surface area (Å²) in [5, 5.41) is 13.8. The highest BCUT2D eigenvalue weighted by atomic mass is 19.1. The van der Waals surface area contributed by atoms with Crippen molar-refractivity contribution in [1.29, 1.82) is 0 Å². The summed E-state index contributed by atoms with van der Waals surface area (Å²) in [6.07, 6.45) is 0. The van der Waals surface area contributed by atoms with Gasteiger partial charge in [-0.15, -0.1) is 0 Å². The maximum atomic E-state index is 13.5. The number of nitrogens with one attached hydrogen (secondary N) is 1. The molecule has 2 rings (SSSR count). The molecule has 0 unspecified atom stereocenters. The molecular weight excluding hydrogens is 271 g/mol. The molecule has 2 aromatic carbocycles. The van der Waals surface area contributed by atoms with E-state index in [-0.39, 0.29) is 6.04 Å². The van der Waals surface area contributed by atoms with Gasteiger partial charge in [-0.25, -0.2) is 0 Å². The van der Waals surface area contributed by atoms with Gasteiger partial charge in [-0.1, -0.05) is 35.9 Å². The molecule has 0 heterocycles. The van der Waals surface area contributed by atoms with E-state index < -0.39 is 16.4 Å². The van der Waals surface area contributed by atoms with E-state index in [4.69, 9.17) is 0 Å². The summed E-state index contributed by atoms with van der Waals surface area (Å²) >= 11 is 0. The number of nitrogens with zero attached hydrogens (tertiary/aromatic N) is 1. The summed E-state index contributed by atoms with van der Waals surface area (Å²) < 4.78 is 13.5. The Morgan fingerprint density at radius 1 is 1.29 bits per heavy atom. The minimum atomic E-state index is -0.803. The van der Waals surface area contributed by atoms with Crippen LogP contribution in [0.15, 0.2) is 42.5 Å². The number of halogens is 1. The lowest BCUT2D eigenvalue weighted by molar-refractivity contribution is -0.387. The molecule has 0 fully saturated rings. The van der Waals surface area contributed by atoms with Crippen molar-refractivity contribution in [2.24, 2.45) is 0 Å². The van der Waals surface area contributed by atoms with Crippen LogP contribution in [0.1, 0.15) is 29.7 Å². The standard InChI is InChI=1S/C16H17FN2O2/c1-11-4-3-5-14(8-11)12(2)18-10-13-6-7-16(19(20)21)15(17)9-13/h3-9,12,18H,10H2,1-2H3/t12-/m0/s1. The molecule has 2 aromatic rings. The van der Waals surface area contributed by atoms with Crippen molar-refractivity contribution in [2.75, 3.05) is 0 Å². The summed E-state index contributed by atoms with van der Waals surface area (Å²) in [5.74, 6) is -0.803. The molecule has 21 heavy (non-hydrogen) atoms. The second kappa shape index (κ2) is 6.45. The third-order valence-electron chi connectivity index (χ3n) is 3.36. The van der Waals surface area contributed by atoms with Crippen molar-refractivity contribution in [1.82, 2.24) is 5.32 Å². The van der Waals surface area contributed by atoms with E-state index in [0.29, 0.717) is 12.1 Å². The van der Waals surface area contributed by atoms with Gasteiger partial charge in [0.25, 0.3) is 0 Å². The molecule has 0 aromatic heterocycles. The summed E-state index contributed by atoms with van der Waals surface area (Å²) in [6, 6.07) is 12.2. The maximum Gasteiger partial charge on any atom is 0.304 e. The van der Waals surface area contributed by atoms with Gasteiger partial charge >= 0.3 is 5.69 Å². The molecule has 5 heteroatoms. The van der Waals surface area contributed by atoms with Crippen LogP contribution in [0, 0.1) is 22.9 Å². The lowest BCUT2D eigenvalue weighted by Crippen LogP contribution is -2.18. The van der Waals surface area contributed by atoms with Crippen LogP contribution >= 0.6 is 0 Å². The molecule has 1 N–H and O–H groups in total. The van der Waals surface area contributed by atoms with Gasteiger partial charge in [0, 0.05) is 18.7 Å². The molecule has 0 spiro atoms. The molecule has 0 aliphatic carbocycles. The highest BCUT2D eigenvalue weighted by Gasteiger charge is 2.14. The smallest absolute Gasteiger partial charge is 0.304 e. The summed E-state index contributed by atoms with van der Waals surface area (Å²) in [5.41, 5.74) is 2.52. The second-order valence-corrected chi connectivity index (χ2v) is 5.06. The molecule has 0 bridgehead atoms. The van der Waals surface area contributed by atoms with Crippen LogP contribution in [0.2, 0.25) is 0 Å². The van der Waals surface area contributed by atoms with Crippen LogP contribution in [0.3, 0.4) is 0 Å². The zero-order chi connectivity index (χ0) is 15.4. The second-order valence-electron chi connectivity index (χ2n) is 5.06. The fourth-order valence-corrected chi connectivity index (χ4v) is 2.14. The SMILES string of the molecule is Cc1cccc([C@H](C)NCc2ccc([N+](=O)[O-])c(F)c2)c1. The molecule has 0 aliphatic heterocycles. The summed E-state index contributed by atoms with van der Waals surface area (Å²) in [6.45, 7) is 4.50. The zero-order valence-corrected chi connectivity index (χ0v) is 12.0. The summed E-state index contributed by atoms with van der Waals surface area (Å²) in [4.78, 5) is 9.85. The Bertz CT molecular complexity index is 658. The van der Waals surface area contributed by atoms with Crippen molar-refractivity contribution < 1.29 is 9.31 Å². The van der Waals surface area contributed by atoms with Crippen LogP contribution < -0.4 is 5.32 Å². The minimum absolute atomic E-state index is 0.114. The number of rotatable bonds is 5. The monoisotopic (exact) mass is 288 g/mol. The van der Waals surface area contributed by atoms with E-state index in [1.807, 2.05) is 32.0 Å². The van der Waals surface area contributed by atoms with Gasteiger partial charge in [-0.05, 0) is 31.0 Å². The predicted octanol–water partition coefficient (Wildman–Crippen LogP) is 3.89. The van der Waals surface area contributed by atoms with E-state index in [2.05, 4.69) is 11.4 Å². The Balaban J connectivity index is 2.03. The van der Waals surface area contributed by atoms with Gasteiger partial charge in [0.15, 0.2) is 0 Å². The quantitative estimate of drug-likeness (QED) is 0.670. The van der Waals surface area contributed by atoms with Gasteiger partial charge < -0.3 is 5.32 Å².